The van der Waals surface area contributed by atoms with E-state index < -0.39 is 9.84 Å². The van der Waals surface area contributed by atoms with Gasteiger partial charge in [-0.05, 0) is 30.9 Å². The smallest absolute Gasteiger partial charge is 0.227 e. The van der Waals surface area contributed by atoms with E-state index in [2.05, 4.69) is 21.8 Å². The van der Waals surface area contributed by atoms with Gasteiger partial charge in [0.15, 0.2) is 0 Å². The first-order chi connectivity index (χ1) is 11.0. The lowest BCUT2D eigenvalue weighted by Gasteiger charge is -2.31. The van der Waals surface area contributed by atoms with Gasteiger partial charge in [0.05, 0.1) is 11.1 Å². The van der Waals surface area contributed by atoms with Crippen molar-refractivity contribution in [2.45, 2.75) is 29.6 Å². The molecule has 6 nitrogen and oxygen atoms in total. The van der Waals surface area contributed by atoms with Crippen LogP contribution in [0.1, 0.15) is 19.8 Å². The average molecular weight is 332 g/mol. The van der Waals surface area contributed by atoms with Gasteiger partial charge < -0.3 is 10.6 Å². The number of nitrogens with two attached hydrogens (primary N) is 1. The lowest BCUT2D eigenvalue weighted by Crippen LogP contribution is -2.35. The highest BCUT2D eigenvalue weighted by molar-refractivity contribution is 7.91. The van der Waals surface area contributed by atoms with Crippen LogP contribution in [0.15, 0.2) is 46.3 Å². The zero-order valence-electron chi connectivity index (χ0n) is 13.0. The fourth-order valence-corrected chi connectivity index (χ4v) is 4.11. The van der Waals surface area contributed by atoms with Crippen LogP contribution in [0.3, 0.4) is 0 Å². The highest BCUT2D eigenvalue weighted by Gasteiger charge is 2.24. The zero-order chi connectivity index (χ0) is 16.4. The maximum atomic E-state index is 12.6. The lowest BCUT2D eigenvalue weighted by molar-refractivity contribution is 0.442. The minimum atomic E-state index is -3.70. The minimum Gasteiger partial charge on any atom is -0.382 e. The van der Waals surface area contributed by atoms with Crippen molar-refractivity contribution < 1.29 is 8.42 Å². The predicted molar refractivity (Wildman–Crippen MR) is 88.9 cm³/mol. The molecule has 0 saturated carbocycles. The molecule has 2 heterocycles. The number of hydrogen-bond donors (Lipinski definition) is 1. The van der Waals surface area contributed by atoms with E-state index in [0.29, 0.717) is 11.9 Å². The van der Waals surface area contributed by atoms with Crippen LogP contribution in [0.5, 0.6) is 0 Å². The van der Waals surface area contributed by atoms with E-state index >= 15 is 0 Å². The Labute approximate surface area is 136 Å². The molecule has 1 fully saturated rings. The molecule has 1 aliphatic rings. The van der Waals surface area contributed by atoms with Gasteiger partial charge in [0.2, 0.25) is 15.8 Å². The lowest BCUT2D eigenvalue weighted by atomic mass is 10.0. The molecule has 1 aliphatic heterocycles. The molecular weight excluding hydrogens is 312 g/mol. The Morgan fingerprint density at radius 3 is 2.65 bits per heavy atom. The van der Waals surface area contributed by atoms with Crippen molar-refractivity contribution in [3.05, 3.63) is 36.5 Å². The fraction of sp³-hybridized carbons (Fsp3) is 0.375. The van der Waals surface area contributed by atoms with Crippen LogP contribution in [-0.2, 0) is 9.84 Å². The predicted octanol–water partition coefficient (Wildman–Crippen LogP) is 2.13. The van der Waals surface area contributed by atoms with Crippen LogP contribution in [0.25, 0.3) is 0 Å². The third-order valence-corrected chi connectivity index (χ3v) is 5.84. The van der Waals surface area contributed by atoms with Gasteiger partial charge in [0.1, 0.15) is 10.7 Å². The molecule has 0 bridgehead atoms. The summed E-state index contributed by atoms with van der Waals surface area (Å²) in [6.45, 7) is 3.92. The SMILES string of the molecule is C[C@@H]1CCCN(c2ncc(S(=O)(=O)c3ccccc3)c(N)n2)C1. The molecular formula is C16H20N4O2S. The maximum Gasteiger partial charge on any atom is 0.227 e. The molecule has 1 atom stereocenters. The molecule has 2 aromatic rings. The quantitative estimate of drug-likeness (QED) is 0.926. The van der Waals surface area contributed by atoms with Crippen molar-refractivity contribution in [3.63, 3.8) is 0 Å². The standard InChI is InChI=1S/C16H20N4O2S/c1-12-6-5-9-20(11-12)16-18-10-14(15(17)19-16)23(21,22)13-7-3-2-4-8-13/h2-4,7-8,10,12H,5-6,9,11H2,1H3,(H2,17,18,19)/t12-/m1/s1. The molecule has 122 valence electrons. The van der Waals surface area contributed by atoms with Crippen molar-refractivity contribution in [1.29, 1.82) is 0 Å². The van der Waals surface area contributed by atoms with Gasteiger partial charge in [0, 0.05) is 13.1 Å². The second-order valence-electron chi connectivity index (χ2n) is 5.93. The molecule has 0 aliphatic carbocycles. The Balaban J connectivity index is 1.94. The van der Waals surface area contributed by atoms with Crippen LogP contribution in [0.4, 0.5) is 11.8 Å². The Hall–Kier alpha value is -2.15. The largest absolute Gasteiger partial charge is 0.382 e. The van der Waals surface area contributed by atoms with Gasteiger partial charge in [-0.3, -0.25) is 0 Å². The van der Waals surface area contributed by atoms with Crippen LogP contribution < -0.4 is 10.6 Å². The van der Waals surface area contributed by atoms with Crippen molar-refractivity contribution in [2.75, 3.05) is 23.7 Å². The second-order valence-corrected chi connectivity index (χ2v) is 7.85. The molecule has 0 radical (unpaired) electrons. The number of benzene rings is 1. The van der Waals surface area contributed by atoms with E-state index in [1.807, 2.05) is 0 Å². The van der Waals surface area contributed by atoms with E-state index in [-0.39, 0.29) is 15.6 Å². The summed E-state index contributed by atoms with van der Waals surface area (Å²) >= 11 is 0. The van der Waals surface area contributed by atoms with Crippen LogP contribution in [-0.4, -0.2) is 31.5 Å². The Morgan fingerprint density at radius 2 is 2.00 bits per heavy atom. The molecule has 1 aromatic carbocycles. The number of nitrogen functional groups attached to an aromatic ring is 1. The summed E-state index contributed by atoms with van der Waals surface area (Å²) in [5, 5.41) is 0. The highest BCUT2D eigenvalue weighted by Crippen LogP contribution is 2.26. The number of rotatable bonds is 3. The van der Waals surface area contributed by atoms with Gasteiger partial charge in [0.25, 0.3) is 0 Å². The molecule has 0 unspecified atom stereocenters. The zero-order valence-corrected chi connectivity index (χ0v) is 13.8. The Morgan fingerprint density at radius 1 is 1.26 bits per heavy atom. The topological polar surface area (TPSA) is 89.2 Å². The second kappa shape index (κ2) is 6.16. The number of piperidine rings is 1. The van der Waals surface area contributed by atoms with E-state index in [0.717, 1.165) is 19.5 Å². The summed E-state index contributed by atoms with van der Waals surface area (Å²) in [5.41, 5.74) is 5.93. The number of anilines is 2. The van der Waals surface area contributed by atoms with Crippen molar-refractivity contribution in [2.24, 2.45) is 5.92 Å². The molecule has 1 saturated heterocycles. The van der Waals surface area contributed by atoms with Gasteiger partial charge in [-0.25, -0.2) is 13.4 Å². The molecule has 7 heteroatoms. The monoisotopic (exact) mass is 332 g/mol. The molecule has 2 N–H and O–H groups in total. The summed E-state index contributed by atoms with van der Waals surface area (Å²) in [6.07, 6.45) is 3.58. The molecule has 23 heavy (non-hydrogen) atoms. The summed E-state index contributed by atoms with van der Waals surface area (Å²) in [6, 6.07) is 8.18. The van der Waals surface area contributed by atoms with Crippen LogP contribution in [0.2, 0.25) is 0 Å². The van der Waals surface area contributed by atoms with Crippen molar-refractivity contribution >= 4 is 21.6 Å². The minimum absolute atomic E-state index is 0.00270. The van der Waals surface area contributed by atoms with Gasteiger partial charge in [-0.2, -0.15) is 4.98 Å². The number of sulfone groups is 1. The average Bonchev–Trinajstić information content (AvgIpc) is 2.55. The third-order valence-electron chi connectivity index (χ3n) is 4.05. The van der Waals surface area contributed by atoms with Gasteiger partial charge in [-0.1, -0.05) is 25.1 Å². The summed E-state index contributed by atoms with van der Waals surface area (Å²) in [5.74, 6) is 1.07. The molecule has 3 rings (SSSR count). The number of aromatic nitrogens is 2. The molecule has 1 aromatic heterocycles. The van der Waals surface area contributed by atoms with E-state index in [1.165, 1.54) is 24.8 Å². The summed E-state index contributed by atoms with van der Waals surface area (Å²) < 4.78 is 25.2. The van der Waals surface area contributed by atoms with Crippen molar-refractivity contribution in [3.8, 4) is 0 Å². The van der Waals surface area contributed by atoms with Gasteiger partial charge >= 0.3 is 0 Å². The first-order valence-corrected chi connectivity index (χ1v) is 9.14. The maximum absolute atomic E-state index is 12.6. The number of nitrogens with zero attached hydrogens (tertiary/aromatic N) is 3. The molecule has 0 spiro atoms. The highest BCUT2D eigenvalue weighted by atomic mass is 32.2. The first kappa shape index (κ1) is 15.7. The Kier molecular flexibility index (Phi) is 4.21. The summed E-state index contributed by atoms with van der Waals surface area (Å²) in [7, 11) is -3.70. The van der Waals surface area contributed by atoms with E-state index in [9.17, 15) is 8.42 Å². The number of hydrogen-bond acceptors (Lipinski definition) is 6. The molecule has 0 amide bonds. The first-order valence-electron chi connectivity index (χ1n) is 7.66. The van der Waals surface area contributed by atoms with E-state index in [1.54, 1.807) is 18.2 Å². The van der Waals surface area contributed by atoms with E-state index in [4.69, 9.17) is 5.73 Å². The Bertz CT molecular complexity index is 793. The fourth-order valence-electron chi connectivity index (χ4n) is 2.83. The third kappa shape index (κ3) is 3.14. The van der Waals surface area contributed by atoms with Crippen LogP contribution >= 0.6 is 0 Å². The van der Waals surface area contributed by atoms with Gasteiger partial charge in [-0.15, -0.1) is 0 Å². The normalized spacial score (nSPS) is 18.8. The van der Waals surface area contributed by atoms with Crippen molar-refractivity contribution in [1.82, 2.24) is 9.97 Å². The van der Waals surface area contributed by atoms with Crippen LogP contribution in [0, 0.1) is 5.92 Å². The summed E-state index contributed by atoms with van der Waals surface area (Å²) in [4.78, 5) is 10.7.